The molecule has 3 N–H and O–H groups in total. The van der Waals surface area contributed by atoms with Crippen molar-refractivity contribution in [2.75, 3.05) is 30.0 Å². The Bertz CT molecular complexity index is 510. The number of aliphatic hydroxyl groups excluding tert-OH is 1. The SMILES string of the molecule is CS(=O)(=O)c1c(N2CCCC(O)C2)noc1N. The van der Waals surface area contributed by atoms with E-state index in [9.17, 15) is 13.5 Å². The van der Waals surface area contributed by atoms with Crippen LogP contribution in [0.3, 0.4) is 0 Å². The van der Waals surface area contributed by atoms with Gasteiger partial charge in [-0.2, -0.15) is 0 Å². The quantitative estimate of drug-likeness (QED) is 0.746. The number of nitrogen functional groups attached to an aromatic ring is 1. The Morgan fingerprint density at radius 3 is 2.88 bits per heavy atom. The van der Waals surface area contributed by atoms with Crippen LogP contribution in [0.1, 0.15) is 12.8 Å². The van der Waals surface area contributed by atoms with E-state index in [0.29, 0.717) is 19.5 Å². The van der Waals surface area contributed by atoms with Gasteiger partial charge in [0.1, 0.15) is 0 Å². The zero-order chi connectivity index (χ0) is 12.6. The maximum atomic E-state index is 11.6. The van der Waals surface area contributed by atoms with Gasteiger partial charge in [0.25, 0.3) is 0 Å². The smallest absolute Gasteiger partial charge is 0.243 e. The highest BCUT2D eigenvalue weighted by Crippen LogP contribution is 2.31. The molecule has 0 radical (unpaired) electrons. The normalized spacial score (nSPS) is 21.8. The van der Waals surface area contributed by atoms with Crippen LogP contribution >= 0.6 is 0 Å². The molecule has 1 atom stereocenters. The van der Waals surface area contributed by atoms with Crippen molar-refractivity contribution >= 4 is 21.5 Å². The van der Waals surface area contributed by atoms with E-state index in [0.717, 1.165) is 12.7 Å². The molecular formula is C9H15N3O4S. The molecule has 1 unspecified atom stereocenters. The fourth-order valence-electron chi connectivity index (χ4n) is 1.98. The zero-order valence-corrected chi connectivity index (χ0v) is 10.3. The molecule has 8 heteroatoms. The first-order chi connectivity index (χ1) is 7.89. The monoisotopic (exact) mass is 261 g/mol. The molecule has 1 saturated heterocycles. The van der Waals surface area contributed by atoms with Crippen molar-refractivity contribution in [3.63, 3.8) is 0 Å². The van der Waals surface area contributed by atoms with Crippen LogP contribution in [-0.4, -0.2) is 44.1 Å². The second-order valence-electron chi connectivity index (χ2n) is 4.21. The fourth-order valence-corrected chi connectivity index (χ4v) is 2.88. The number of nitrogens with two attached hydrogens (primary N) is 1. The summed E-state index contributed by atoms with van der Waals surface area (Å²) in [4.78, 5) is 1.59. The zero-order valence-electron chi connectivity index (χ0n) is 9.46. The molecule has 0 saturated carbocycles. The van der Waals surface area contributed by atoms with E-state index < -0.39 is 15.9 Å². The number of nitrogens with zero attached hydrogens (tertiary/aromatic N) is 2. The van der Waals surface area contributed by atoms with Crippen LogP contribution in [0.5, 0.6) is 0 Å². The van der Waals surface area contributed by atoms with Gasteiger partial charge in [0.15, 0.2) is 20.6 Å². The van der Waals surface area contributed by atoms with E-state index >= 15 is 0 Å². The van der Waals surface area contributed by atoms with E-state index in [1.54, 1.807) is 4.90 Å². The third-order valence-electron chi connectivity index (χ3n) is 2.72. The van der Waals surface area contributed by atoms with Crippen molar-refractivity contribution in [2.45, 2.75) is 23.8 Å². The molecule has 1 fully saturated rings. The number of sulfone groups is 1. The Morgan fingerprint density at radius 1 is 1.59 bits per heavy atom. The third kappa shape index (κ3) is 2.37. The standard InChI is InChI=1S/C9H15N3O4S/c1-17(14,15)7-8(10)16-11-9(7)12-4-2-3-6(13)5-12/h6,13H,2-5,10H2,1H3. The summed E-state index contributed by atoms with van der Waals surface area (Å²) in [7, 11) is -3.49. The van der Waals surface area contributed by atoms with Gasteiger partial charge in [0, 0.05) is 19.3 Å². The summed E-state index contributed by atoms with van der Waals surface area (Å²) >= 11 is 0. The van der Waals surface area contributed by atoms with Crippen molar-refractivity contribution in [2.24, 2.45) is 0 Å². The number of hydrogen-bond acceptors (Lipinski definition) is 7. The predicted octanol–water partition coefficient (Wildman–Crippen LogP) is -0.379. The highest BCUT2D eigenvalue weighted by molar-refractivity contribution is 7.91. The average Bonchev–Trinajstić information content (AvgIpc) is 2.59. The Labute approximate surface area is 99.1 Å². The Morgan fingerprint density at radius 2 is 2.29 bits per heavy atom. The van der Waals surface area contributed by atoms with E-state index in [-0.39, 0.29) is 16.6 Å². The van der Waals surface area contributed by atoms with Gasteiger partial charge in [-0.05, 0) is 12.8 Å². The lowest BCUT2D eigenvalue weighted by atomic mass is 10.1. The second-order valence-corrected chi connectivity index (χ2v) is 6.17. The van der Waals surface area contributed by atoms with Crippen molar-refractivity contribution in [1.29, 1.82) is 0 Å². The molecule has 1 aromatic rings. The van der Waals surface area contributed by atoms with Crippen LogP contribution in [0.15, 0.2) is 9.42 Å². The van der Waals surface area contributed by atoms with Crippen molar-refractivity contribution in [1.82, 2.24) is 5.16 Å². The minimum Gasteiger partial charge on any atom is -0.391 e. The van der Waals surface area contributed by atoms with E-state index in [1.165, 1.54) is 0 Å². The lowest BCUT2D eigenvalue weighted by Gasteiger charge is -2.30. The lowest BCUT2D eigenvalue weighted by molar-refractivity contribution is 0.153. The number of rotatable bonds is 2. The Balaban J connectivity index is 2.39. The molecule has 96 valence electrons. The lowest BCUT2D eigenvalue weighted by Crippen LogP contribution is -2.39. The first-order valence-corrected chi connectivity index (χ1v) is 7.17. The molecule has 0 amide bonds. The topological polar surface area (TPSA) is 110 Å². The van der Waals surface area contributed by atoms with Gasteiger partial charge in [0.05, 0.1) is 6.10 Å². The molecule has 0 spiro atoms. The van der Waals surface area contributed by atoms with Gasteiger partial charge in [0.2, 0.25) is 5.88 Å². The summed E-state index contributed by atoms with van der Waals surface area (Å²) in [5.41, 5.74) is 5.47. The molecule has 1 aromatic heterocycles. The van der Waals surface area contributed by atoms with E-state index in [2.05, 4.69) is 5.16 Å². The summed E-state index contributed by atoms with van der Waals surface area (Å²) in [6.07, 6.45) is 2.06. The van der Waals surface area contributed by atoms with Gasteiger partial charge in [-0.1, -0.05) is 5.16 Å². The molecule has 1 aliphatic rings. The van der Waals surface area contributed by atoms with Crippen LogP contribution in [0, 0.1) is 0 Å². The molecule has 2 rings (SSSR count). The summed E-state index contributed by atoms with van der Waals surface area (Å²) in [5, 5.41) is 13.2. The van der Waals surface area contributed by atoms with Crippen molar-refractivity contribution in [3.8, 4) is 0 Å². The van der Waals surface area contributed by atoms with Gasteiger partial charge in [-0.3, -0.25) is 0 Å². The number of hydrogen-bond donors (Lipinski definition) is 2. The maximum absolute atomic E-state index is 11.6. The van der Waals surface area contributed by atoms with Gasteiger partial charge in [-0.15, -0.1) is 0 Å². The maximum Gasteiger partial charge on any atom is 0.243 e. The van der Waals surface area contributed by atoms with Gasteiger partial charge >= 0.3 is 0 Å². The van der Waals surface area contributed by atoms with Crippen LogP contribution in [-0.2, 0) is 9.84 Å². The van der Waals surface area contributed by atoms with Crippen LogP contribution < -0.4 is 10.6 Å². The average molecular weight is 261 g/mol. The minimum atomic E-state index is -3.49. The summed E-state index contributed by atoms with van der Waals surface area (Å²) in [5.74, 6) is -0.00804. The van der Waals surface area contributed by atoms with Crippen molar-refractivity contribution < 1.29 is 18.0 Å². The molecular weight excluding hydrogens is 246 g/mol. The number of piperidine rings is 1. The van der Waals surface area contributed by atoms with E-state index in [1.807, 2.05) is 0 Å². The largest absolute Gasteiger partial charge is 0.391 e. The minimum absolute atomic E-state index is 0.0911. The molecule has 2 heterocycles. The first kappa shape index (κ1) is 12.2. The summed E-state index contributed by atoms with van der Waals surface area (Å²) < 4.78 is 27.9. The van der Waals surface area contributed by atoms with Crippen molar-refractivity contribution in [3.05, 3.63) is 0 Å². The summed E-state index contributed by atoms with van der Waals surface area (Å²) in [6, 6.07) is 0. The molecule has 0 bridgehead atoms. The molecule has 0 aliphatic carbocycles. The highest BCUT2D eigenvalue weighted by atomic mass is 32.2. The van der Waals surface area contributed by atoms with Crippen LogP contribution in [0.25, 0.3) is 0 Å². The number of aromatic nitrogens is 1. The first-order valence-electron chi connectivity index (χ1n) is 5.28. The molecule has 1 aliphatic heterocycles. The van der Waals surface area contributed by atoms with Gasteiger partial charge in [-0.25, -0.2) is 8.42 Å². The number of β-amino-alcohol motifs (C(OH)–C–C–N with tert-alkyl or cyclic N) is 1. The Hall–Kier alpha value is -1.28. The second kappa shape index (κ2) is 4.19. The third-order valence-corrected chi connectivity index (χ3v) is 3.85. The molecule has 7 nitrogen and oxygen atoms in total. The molecule has 0 aromatic carbocycles. The predicted molar refractivity (Wildman–Crippen MR) is 61.5 cm³/mol. The number of anilines is 2. The van der Waals surface area contributed by atoms with E-state index in [4.69, 9.17) is 10.3 Å². The molecule has 17 heavy (non-hydrogen) atoms. The van der Waals surface area contributed by atoms with Gasteiger partial charge < -0.3 is 20.3 Å². The van der Waals surface area contributed by atoms with Crippen LogP contribution in [0.4, 0.5) is 11.7 Å². The highest BCUT2D eigenvalue weighted by Gasteiger charge is 2.29. The summed E-state index contributed by atoms with van der Waals surface area (Å²) in [6.45, 7) is 0.972. The van der Waals surface area contributed by atoms with Crippen LogP contribution in [0.2, 0.25) is 0 Å². The Kier molecular flexibility index (Phi) is 3.00. The number of aliphatic hydroxyl groups is 1. The fraction of sp³-hybridized carbons (Fsp3) is 0.667.